The van der Waals surface area contributed by atoms with E-state index in [0.717, 1.165) is 22.4 Å². The Bertz CT molecular complexity index is 1320. The largest absolute Gasteiger partial charge is 0.325 e. The van der Waals surface area contributed by atoms with Gasteiger partial charge in [-0.3, -0.25) is 18.8 Å². The second-order valence-corrected chi connectivity index (χ2v) is 8.96. The van der Waals surface area contributed by atoms with Crippen molar-refractivity contribution in [3.05, 3.63) is 81.8 Å². The summed E-state index contributed by atoms with van der Waals surface area (Å²) in [5, 5.41) is 7.85. The van der Waals surface area contributed by atoms with Crippen molar-refractivity contribution in [3.8, 4) is 0 Å². The normalized spacial score (nSPS) is 11.1. The predicted molar refractivity (Wildman–Crippen MR) is 133 cm³/mol. The highest BCUT2D eigenvalue weighted by Crippen LogP contribution is 2.20. The van der Waals surface area contributed by atoms with Gasteiger partial charge in [0.1, 0.15) is 5.52 Å². The molecule has 0 bridgehead atoms. The number of fused-ring (bicyclic) bond motifs is 1. The first-order valence-electron chi connectivity index (χ1n) is 11.0. The van der Waals surface area contributed by atoms with E-state index in [0.29, 0.717) is 35.7 Å². The molecule has 170 valence electrons. The molecule has 0 saturated carbocycles. The SMILES string of the molecule is CCn1cc2nc(SCC(=O)Nc3cc(C)cc(C)c3)n(CCc3ccccc3)c(=O)c2n1. The van der Waals surface area contributed by atoms with E-state index in [1.54, 1.807) is 15.4 Å². The van der Waals surface area contributed by atoms with Crippen molar-refractivity contribution < 1.29 is 4.79 Å². The Labute approximate surface area is 196 Å². The molecule has 33 heavy (non-hydrogen) atoms. The van der Waals surface area contributed by atoms with Crippen molar-refractivity contribution in [1.82, 2.24) is 19.3 Å². The van der Waals surface area contributed by atoms with Gasteiger partial charge in [0.05, 0.1) is 11.9 Å². The summed E-state index contributed by atoms with van der Waals surface area (Å²) in [6.07, 6.45) is 2.46. The molecule has 0 unspecified atom stereocenters. The Morgan fingerprint density at radius 1 is 1.09 bits per heavy atom. The van der Waals surface area contributed by atoms with Crippen molar-refractivity contribution in [2.45, 2.75) is 45.4 Å². The van der Waals surface area contributed by atoms with E-state index in [1.165, 1.54) is 11.8 Å². The molecule has 4 aromatic rings. The van der Waals surface area contributed by atoms with Crippen LogP contribution in [-0.4, -0.2) is 31.0 Å². The van der Waals surface area contributed by atoms with Gasteiger partial charge in [0.25, 0.3) is 5.56 Å². The molecular weight excluding hydrogens is 434 g/mol. The van der Waals surface area contributed by atoms with Gasteiger partial charge < -0.3 is 5.32 Å². The van der Waals surface area contributed by atoms with Crippen molar-refractivity contribution in [3.63, 3.8) is 0 Å². The number of amides is 1. The number of nitrogens with one attached hydrogen (secondary N) is 1. The molecule has 2 aromatic carbocycles. The van der Waals surface area contributed by atoms with Gasteiger partial charge in [-0.15, -0.1) is 0 Å². The minimum absolute atomic E-state index is 0.141. The third kappa shape index (κ3) is 5.51. The van der Waals surface area contributed by atoms with Gasteiger partial charge in [-0.1, -0.05) is 48.2 Å². The maximum Gasteiger partial charge on any atom is 0.282 e. The number of nitrogens with zero attached hydrogens (tertiary/aromatic N) is 4. The molecule has 1 N–H and O–H groups in total. The van der Waals surface area contributed by atoms with Crippen molar-refractivity contribution >= 4 is 34.4 Å². The van der Waals surface area contributed by atoms with E-state index in [9.17, 15) is 9.59 Å². The number of carbonyl (C=O) groups is 1. The maximum absolute atomic E-state index is 13.2. The molecule has 0 fully saturated rings. The first kappa shape index (κ1) is 22.8. The van der Waals surface area contributed by atoms with Crippen molar-refractivity contribution in [2.24, 2.45) is 0 Å². The third-order valence-corrected chi connectivity index (χ3v) is 6.24. The smallest absolute Gasteiger partial charge is 0.282 e. The van der Waals surface area contributed by atoms with Gasteiger partial charge >= 0.3 is 0 Å². The van der Waals surface area contributed by atoms with Crippen LogP contribution >= 0.6 is 11.8 Å². The summed E-state index contributed by atoms with van der Waals surface area (Å²) in [5.41, 5.74) is 4.81. The van der Waals surface area contributed by atoms with Crippen LogP contribution in [-0.2, 0) is 24.3 Å². The van der Waals surface area contributed by atoms with E-state index in [4.69, 9.17) is 0 Å². The molecule has 0 radical (unpaired) electrons. The zero-order valence-electron chi connectivity index (χ0n) is 19.0. The number of thioether (sulfide) groups is 1. The van der Waals surface area contributed by atoms with Gasteiger partial charge in [0, 0.05) is 18.8 Å². The summed E-state index contributed by atoms with van der Waals surface area (Å²) in [6.45, 7) is 7.08. The van der Waals surface area contributed by atoms with Gasteiger partial charge in [-0.25, -0.2) is 4.98 Å². The van der Waals surface area contributed by atoms with Gasteiger partial charge in [-0.2, -0.15) is 5.10 Å². The van der Waals surface area contributed by atoms with Crippen LogP contribution in [0.3, 0.4) is 0 Å². The van der Waals surface area contributed by atoms with Crippen LogP contribution in [0.4, 0.5) is 5.69 Å². The molecule has 2 heterocycles. The molecule has 8 heteroatoms. The van der Waals surface area contributed by atoms with E-state index < -0.39 is 0 Å². The Hall–Kier alpha value is -3.39. The van der Waals surface area contributed by atoms with Gasteiger partial charge in [-0.05, 0) is 56.0 Å². The molecule has 0 saturated heterocycles. The lowest BCUT2D eigenvalue weighted by Gasteiger charge is -2.12. The lowest BCUT2D eigenvalue weighted by molar-refractivity contribution is -0.113. The second kappa shape index (κ2) is 10.0. The number of aryl methyl sites for hydroxylation is 4. The standard InChI is InChI=1S/C25H27N5O2S/c1-4-29-15-21-23(28-29)24(32)30(11-10-19-8-6-5-7-9-19)25(27-21)33-16-22(31)26-20-13-17(2)12-18(3)14-20/h5-9,12-15H,4,10-11,16H2,1-3H3,(H,26,31). The van der Waals surface area contributed by atoms with Gasteiger partial charge in [0.15, 0.2) is 10.7 Å². The summed E-state index contributed by atoms with van der Waals surface area (Å²) in [4.78, 5) is 30.6. The number of hydrogen-bond acceptors (Lipinski definition) is 5. The lowest BCUT2D eigenvalue weighted by atomic mass is 10.1. The molecule has 0 aliphatic heterocycles. The van der Waals surface area contributed by atoms with Gasteiger partial charge in [0.2, 0.25) is 5.91 Å². The summed E-state index contributed by atoms with van der Waals surface area (Å²) in [5.74, 6) is 0.0104. The Morgan fingerprint density at radius 2 is 1.82 bits per heavy atom. The average Bonchev–Trinajstić information content (AvgIpc) is 3.21. The van der Waals surface area contributed by atoms with Crippen LogP contribution in [0.25, 0.3) is 11.0 Å². The summed E-state index contributed by atoms with van der Waals surface area (Å²) in [6, 6.07) is 15.9. The first-order chi connectivity index (χ1) is 15.9. The number of carbonyl (C=O) groups excluding carboxylic acids is 1. The molecule has 0 spiro atoms. The van der Waals surface area contributed by atoms with Crippen LogP contribution in [0.5, 0.6) is 0 Å². The minimum Gasteiger partial charge on any atom is -0.325 e. The molecule has 7 nitrogen and oxygen atoms in total. The fourth-order valence-corrected chi connectivity index (χ4v) is 4.58. The third-order valence-electron chi connectivity index (χ3n) is 5.27. The number of anilines is 1. The quantitative estimate of drug-likeness (QED) is 0.314. The molecule has 0 aliphatic rings. The first-order valence-corrected chi connectivity index (χ1v) is 11.9. The summed E-state index contributed by atoms with van der Waals surface area (Å²) >= 11 is 1.27. The zero-order chi connectivity index (χ0) is 23.4. The number of aromatic nitrogens is 4. The molecular formula is C25H27N5O2S. The van der Waals surface area contributed by atoms with Crippen LogP contribution in [0.1, 0.15) is 23.6 Å². The summed E-state index contributed by atoms with van der Waals surface area (Å²) < 4.78 is 3.35. The fraction of sp³-hybridized carbons (Fsp3) is 0.280. The summed E-state index contributed by atoms with van der Waals surface area (Å²) in [7, 11) is 0. The fourth-order valence-electron chi connectivity index (χ4n) is 3.75. The Kier molecular flexibility index (Phi) is 6.93. The highest BCUT2D eigenvalue weighted by Gasteiger charge is 2.16. The monoisotopic (exact) mass is 461 g/mol. The highest BCUT2D eigenvalue weighted by atomic mass is 32.2. The van der Waals surface area contributed by atoms with E-state index in [1.807, 2.05) is 63.2 Å². The number of benzene rings is 2. The van der Waals surface area contributed by atoms with Crippen molar-refractivity contribution in [1.29, 1.82) is 0 Å². The predicted octanol–water partition coefficient (Wildman–Crippen LogP) is 4.20. The highest BCUT2D eigenvalue weighted by molar-refractivity contribution is 7.99. The van der Waals surface area contributed by atoms with Crippen molar-refractivity contribution in [2.75, 3.05) is 11.1 Å². The molecule has 2 aromatic heterocycles. The second-order valence-electron chi connectivity index (χ2n) is 8.02. The zero-order valence-corrected chi connectivity index (χ0v) is 19.9. The Balaban J connectivity index is 1.57. The Morgan fingerprint density at radius 3 is 2.52 bits per heavy atom. The maximum atomic E-state index is 13.2. The van der Waals surface area contributed by atoms with Crippen LogP contribution in [0.15, 0.2) is 64.7 Å². The van der Waals surface area contributed by atoms with Crippen LogP contribution in [0, 0.1) is 13.8 Å². The minimum atomic E-state index is -0.180. The average molecular weight is 462 g/mol. The van der Waals surface area contributed by atoms with E-state index in [-0.39, 0.29) is 17.2 Å². The molecule has 4 rings (SSSR count). The van der Waals surface area contributed by atoms with E-state index in [2.05, 4.69) is 21.5 Å². The number of hydrogen-bond donors (Lipinski definition) is 1. The molecule has 0 aliphatic carbocycles. The van der Waals surface area contributed by atoms with E-state index >= 15 is 0 Å². The lowest BCUT2D eigenvalue weighted by Crippen LogP contribution is -2.25. The van der Waals surface area contributed by atoms with Crippen LogP contribution in [0.2, 0.25) is 0 Å². The number of rotatable bonds is 8. The molecule has 1 amide bonds. The topological polar surface area (TPSA) is 81.8 Å². The molecule has 0 atom stereocenters. The van der Waals surface area contributed by atoms with Crippen LogP contribution < -0.4 is 10.9 Å².